The molecule has 0 saturated heterocycles. The van der Waals surface area contributed by atoms with Gasteiger partial charge in [0.25, 0.3) is 11.6 Å². The fraction of sp³-hybridized carbons (Fsp3) is 0.192. The summed E-state index contributed by atoms with van der Waals surface area (Å²) in [5, 5.41) is 16.1. The summed E-state index contributed by atoms with van der Waals surface area (Å²) in [5.74, 6) is -1.58. The quantitative estimate of drug-likeness (QED) is 0.375. The van der Waals surface area contributed by atoms with Gasteiger partial charge in [-0.3, -0.25) is 29.5 Å². The number of carbonyl (C=O) groups is 3. The Bertz CT molecular complexity index is 1390. The number of nitro benzene ring substituents is 1. The SMILES string of the molecule is C[C@H](NC(=O)Cc1cccc([N+](=O)[O-])c1)C(=O)NC1N=C(c2ccccn2)c2ccccc2N(C)C1=O. The normalized spacial score (nSPS) is 15.6. The average Bonchev–Trinajstić information content (AvgIpc) is 3.00. The lowest BCUT2D eigenvalue weighted by Gasteiger charge is -2.22. The fourth-order valence-electron chi connectivity index (χ4n) is 3.91. The summed E-state index contributed by atoms with van der Waals surface area (Å²) in [6.45, 7) is 1.48. The molecule has 1 aliphatic rings. The van der Waals surface area contributed by atoms with Gasteiger partial charge in [0.05, 0.1) is 28.4 Å². The van der Waals surface area contributed by atoms with Gasteiger partial charge in [-0.05, 0) is 30.7 Å². The van der Waals surface area contributed by atoms with Crippen LogP contribution in [-0.4, -0.2) is 52.6 Å². The van der Waals surface area contributed by atoms with Gasteiger partial charge in [-0.1, -0.05) is 36.4 Å². The van der Waals surface area contributed by atoms with Crippen molar-refractivity contribution in [1.29, 1.82) is 0 Å². The van der Waals surface area contributed by atoms with Gasteiger partial charge in [0.1, 0.15) is 6.04 Å². The first kappa shape index (κ1) is 25.2. The van der Waals surface area contributed by atoms with Gasteiger partial charge in [0, 0.05) is 30.9 Å². The van der Waals surface area contributed by atoms with Crippen LogP contribution in [-0.2, 0) is 20.8 Å². The number of aliphatic imine (C=N–C) groups is 1. The van der Waals surface area contributed by atoms with E-state index in [1.54, 1.807) is 49.6 Å². The molecule has 0 bridgehead atoms. The minimum absolute atomic E-state index is 0.130. The highest BCUT2D eigenvalue weighted by Crippen LogP contribution is 2.26. The molecular formula is C26H24N6O5. The predicted molar refractivity (Wildman–Crippen MR) is 136 cm³/mol. The molecule has 0 aliphatic carbocycles. The standard InChI is InChI=1S/C26H24N6O5/c1-16(28-22(33)15-17-8-7-9-18(14-17)32(36)37)25(34)30-24-26(35)31(2)21-12-4-3-10-19(21)23(29-24)20-11-5-6-13-27-20/h3-14,16,24H,15H2,1-2H3,(H,28,33)(H,30,34)/t16-,24?/m0/s1. The van der Waals surface area contributed by atoms with Gasteiger partial charge in [-0.15, -0.1) is 0 Å². The Hall–Kier alpha value is -4.93. The zero-order valence-electron chi connectivity index (χ0n) is 20.1. The molecule has 3 aromatic rings. The average molecular weight is 501 g/mol. The molecule has 1 aliphatic heterocycles. The van der Waals surface area contributed by atoms with Crippen molar-refractivity contribution < 1.29 is 19.3 Å². The second-order valence-electron chi connectivity index (χ2n) is 8.41. The third-order valence-electron chi connectivity index (χ3n) is 5.79. The summed E-state index contributed by atoms with van der Waals surface area (Å²) in [6.07, 6.45) is 0.212. The molecule has 2 aromatic carbocycles. The number of benzene rings is 2. The minimum atomic E-state index is -1.25. The van der Waals surface area contributed by atoms with Crippen LogP contribution in [0.4, 0.5) is 11.4 Å². The van der Waals surface area contributed by atoms with Crippen LogP contribution in [0.2, 0.25) is 0 Å². The summed E-state index contributed by atoms with van der Waals surface area (Å²) < 4.78 is 0. The van der Waals surface area contributed by atoms with E-state index in [9.17, 15) is 24.5 Å². The number of hydrogen-bond acceptors (Lipinski definition) is 7. The number of fused-ring (bicyclic) bond motifs is 1. The molecule has 1 unspecified atom stereocenters. The Morgan fingerprint density at radius 2 is 1.86 bits per heavy atom. The number of rotatable bonds is 7. The molecule has 2 heterocycles. The van der Waals surface area contributed by atoms with Crippen molar-refractivity contribution in [2.75, 3.05) is 11.9 Å². The van der Waals surface area contributed by atoms with Crippen molar-refractivity contribution in [3.05, 3.63) is 99.9 Å². The third-order valence-corrected chi connectivity index (χ3v) is 5.79. The Morgan fingerprint density at radius 1 is 1.11 bits per heavy atom. The Balaban J connectivity index is 1.51. The lowest BCUT2D eigenvalue weighted by atomic mass is 10.0. The molecule has 37 heavy (non-hydrogen) atoms. The molecule has 3 amide bonds. The van der Waals surface area contributed by atoms with E-state index >= 15 is 0 Å². The predicted octanol–water partition coefficient (Wildman–Crippen LogP) is 1.99. The maximum atomic E-state index is 13.2. The molecular weight excluding hydrogens is 476 g/mol. The van der Waals surface area contributed by atoms with Gasteiger partial charge >= 0.3 is 0 Å². The highest BCUT2D eigenvalue weighted by atomic mass is 16.6. The topological polar surface area (TPSA) is 147 Å². The summed E-state index contributed by atoms with van der Waals surface area (Å²) >= 11 is 0. The van der Waals surface area contributed by atoms with Gasteiger partial charge in [-0.2, -0.15) is 0 Å². The summed E-state index contributed by atoms with van der Waals surface area (Å²) in [6, 6.07) is 17.3. The molecule has 1 aromatic heterocycles. The van der Waals surface area contributed by atoms with Gasteiger partial charge in [0.15, 0.2) is 0 Å². The number of amides is 3. The van der Waals surface area contributed by atoms with Crippen LogP contribution in [0.1, 0.15) is 23.7 Å². The van der Waals surface area contributed by atoms with Gasteiger partial charge in [0.2, 0.25) is 18.0 Å². The number of non-ortho nitro benzene ring substituents is 1. The van der Waals surface area contributed by atoms with Crippen LogP contribution in [0.25, 0.3) is 0 Å². The number of benzodiazepines with no additional fused rings is 1. The van der Waals surface area contributed by atoms with E-state index < -0.39 is 34.9 Å². The van der Waals surface area contributed by atoms with Crippen LogP contribution in [0.3, 0.4) is 0 Å². The van der Waals surface area contributed by atoms with E-state index in [1.807, 2.05) is 12.1 Å². The van der Waals surface area contributed by atoms with Crippen LogP contribution in [0.5, 0.6) is 0 Å². The number of anilines is 1. The molecule has 11 heteroatoms. The second-order valence-corrected chi connectivity index (χ2v) is 8.41. The van der Waals surface area contributed by atoms with Crippen molar-refractivity contribution in [3.8, 4) is 0 Å². The number of nitro groups is 1. The van der Waals surface area contributed by atoms with E-state index in [0.717, 1.165) is 0 Å². The van der Waals surface area contributed by atoms with Crippen molar-refractivity contribution in [1.82, 2.24) is 15.6 Å². The maximum absolute atomic E-state index is 13.2. The molecule has 188 valence electrons. The number of pyridine rings is 1. The van der Waals surface area contributed by atoms with Crippen LogP contribution >= 0.6 is 0 Å². The van der Waals surface area contributed by atoms with Crippen molar-refractivity contribution in [2.45, 2.75) is 25.6 Å². The van der Waals surface area contributed by atoms with E-state index in [2.05, 4.69) is 20.6 Å². The number of aromatic nitrogens is 1. The van der Waals surface area contributed by atoms with Crippen LogP contribution < -0.4 is 15.5 Å². The number of likely N-dealkylation sites (N-methyl/N-ethyl adjacent to an activating group) is 1. The first-order chi connectivity index (χ1) is 17.7. The van der Waals surface area contributed by atoms with Crippen LogP contribution in [0.15, 0.2) is 77.9 Å². The maximum Gasteiger partial charge on any atom is 0.272 e. The lowest BCUT2D eigenvalue weighted by molar-refractivity contribution is -0.384. The number of hydrogen-bond donors (Lipinski definition) is 2. The number of nitrogens with zero attached hydrogens (tertiary/aromatic N) is 4. The lowest BCUT2D eigenvalue weighted by Crippen LogP contribution is -2.52. The molecule has 4 rings (SSSR count). The molecule has 0 saturated carbocycles. The summed E-state index contributed by atoms with van der Waals surface area (Å²) in [7, 11) is 1.60. The van der Waals surface area contributed by atoms with Gasteiger partial charge < -0.3 is 15.5 Å². The smallest absolute Gasteiger partial charge is 0.272 e. The summed E-state index contributed by atoms with van der Waals surface area (Å²) in [5.41, 5.74) is 2.59. The van der Waals surface area contributed by atoms with Crippen molar-refractivity contribution in [2.24, 2.45) is 4.99 Å². The molecule has 11 nitrogen and oxygen atoms in total. The first-order valence-electron chi connectivity index (χ1n) is 11.4. The van der Waals surface area contributed by atoms with E-state index in [0.29, 0.717) is 28.2 Å². The summed E-state index contributed by atoms with van der Waals surface area (Å²) in [4.78, 5) is 59.4. The second kappa shape index (κ2) is 10.8. The highest BCUT2D eigenvalue weighted by Gasteiger charge is 2.32. The Labute approximate surface area is 212 Å². The fourth-order valence-corrected chi connectivity index (χ4v) is 3.91. The third kappa shape index (κ3) is 5.67. The molecule has 2 atom stereocenters. The van der Waals surface area contributed by atoms with E-state index in [4.69, 9.17) is 0 Å². The minimum Gasteiger partial charge on any atom is -0.344 e. The first-order valence-corrected chi connectivity index (χ1v) is 11.4. The van der Waals surface area contributed by atoms with Crippen molar-refractivity contribution >= 4 is 34.8 Å². The molecule has 0 spiro atoms. The van der Waals surface area contributed by atoms with Gasteiger partial charge in [-0.25, -0.2) is 4.99 Å². The number of carbonyl (C=O) groups excluding carboxylic acids is 3. The van der Waals surface area contributed by atoms with E-state index in [-0.39, 0.29) is 12.1 Å². The van der Waals surface area contributed by atoms with E-state index in [1.165, 1.54) is 30.0 Å². The highest BCUT2D eigenvalue weighted by molar-refractivity contribution is 6.19. The number of para-hydroxylation sites is 1. The Kier molecular flexibility index (Phi) is 7.33. The van der Waals surface area contributed by atoms with Crippen molar-refractivity contribution in [3.63, 3.8) is 0 Å². The molecule has 0 fully saturated rings. The largest absolute Gasteiger partial charge is 0.344 e. The Morgan fingerprint density at radius 3 is 2.59 bits per heavy atom. The van der Waals surface area contributed by atoms with Crippen LogP contribution in [0, 0.1) is 10.1 Å². The molecule has 2 N–H and O–H groups in total. The zero-order valence-corrected chi connectivity index (χ0v) is 20.1. The monoisotopic (exact) mass is 500 g/mol. The zero-order chi connectivity index (χ0) is 26.5. The number of nitrogens with one attached hydrogen (secondary N) is 2. The molecule has 0 radical (unpaired) electrons.